The molecule has 106 valence electrons. The molecule has 1 saturated carbocycles. The van der Waals surface area contributed by atoms with E-state index in [1.165, 1.54) is 0 Å². The molecule has 1 fully saturated rings. The molecule has 2 aliphatic rings. The fourth-order valence-corrected chi connectivity index (χ4v) is 2.14. The Kier molecular flexibility index (Phi) is 3.25. The molecule has 0 amide bonds. The molecule has 1 heterocycles. The van der Waals surface area contributed by atoms with Gasteiger partial charge in [0, 0.05) is 12.5 Å². The highest BCUT2D eigenvalue weighted by atomic mass is 16.4. The zero-order valence-corrected chi connectivity index (χ0v) is 11.7. The molecule has 0 unspecified atom stereocenters. The number of carbonyl (C=O) groups is 2. The molecule has 3 rings (SSSR count). The van der Waals surface area contributed by atoms with E-state index in [4.69, 9.17) is 4.42 Å². The van der Waals surface area contributed by atoms with Crippen LogP contribution in [0.5, 0.6) is 0 Å². The van der Waals surface area contributed by atoms with Crippen LogP contribution in [0.2, 0.25) is 0 Å². The number of fused-ring (bicyclic) bond motifs is 1. The van der Waals surface area contributed by atoms with Crippen molar-refractivity contribution in [1.29, 1.82) is 0 Å². The molecule has 0 spiro atoms. The molecule has 20 heavy (non-hydrogen) atoms. The summed E-state index contributed by atoms with van der Waals surface area (Å²) in [6.45, 7) is 1.24. The summed E-state index contributed by atoms with van der Waals surface area (Å²) in [6.07, 6.45) is 2.08. The zero-order chi connectivity index (χ0) is 14.3. The zero-order valence-electron chi connectivity index (χ0n) is 11.7. The van der Waals surface area contributed by atoms with E-state index in [-0.39, 0.29) is 35.4 Å². The molecule has 6 nitrogen and oxygen atoms in total. The first kappa shape index (κ1) is 13.2. The summed E-state index contributed by atoms with van der Waals surface area (Å²) in [6, 6.07) is 0. The number of Topliss-reactive ketones (excluding diaryl/α,β-unsaturated/α-hetero) is 2. The highest BCUT2D eigenvalue weighted by molar-refractivity contribution is 6.51. The average Bonchev–Trinajstić information content (AvgIpc) is 3.14. The van der Waals surface area contributed by atoms with Crippen molar-refractivity contribution in [2.75, 3.05) is 27.2 Å². The molecule has 0 saturated heterocycles. The van der Waals surface area contributed by atoms with Crippen LogP contribution in [0, 0.1) is 0 Å². The van der Waals surface area contributed by atoms with Gasteiger partial charge in [-0.2, -0.15) is 0 Å². The SMILES string of the molecule is CN(C)CCN=C1CC(=O)c2nc(C3CC3)oc2C1=O. The number of carbonyl (C=O) groups excluding carboxylic acids is 2. The van der Waals surface area contributed by atoms with Gasteiger partial charge in [0.2, 0.25) is 11.5 Å². The molecule has 0 bridgehead atoms. The molecule has 1 aromatic rings. The van der Waals surface area contributed by atoms with Crippen LogP contribution in [-0.4, -0.2) is 54.3 Å². The Balaban J connectivity index is 1.84. The second kappa shape index (κ2) is 4.94. The molecule has 6 heteroatoms. The number of aliphatic imine (C=N–C) groups is 1. The molecule has 0 aromatic carbocycles. The van der Waals surface area contributed by atoms with Crippen molar-refractivity contribution in [2.24, 2.45) is 4.99 Å². The van der Waals surface area contributed by atoms with E-state index in [0.717, 1.165) is 19.4 Å². The highest BCUT2D eigenvalue weighted by Crippen LogP contribution is 2.40. The van der Waals surface area contributed by atoms with E-state index < -0.39 is 0 Å². The number of ketones is 2. The number of nitrogens with zero attached hydrogens (tertiary/aromatic N) is 3. The Morgan fingerprint density at radius 2 is 2.10 bits per heavy atom. The summed E-state index contributed by atoms with van der Waals surface area (Å²) in [5.41, 5.74) is 0.492. The third-order valence-corrected chi connectivity index (χ3v) is 3.48. The van der Waals surface area contributed by atoms with Gasteiger partial charge in [-0.25, -0.2) is 4.98 Å². The maximum atomic E-state index is 12.3. The maximum absolute atomic E-state index is 12.3. The van der Waals surface area contributed by atoms with Crippen molar-refractivity contribution < 1.29 is 14.0 Å². The van der Waals surface area contributed by atoms with Gasteiger partial charge >= 0.3 is 0 Å². The number of hydrogen-bond acceptors (Lipinski definition) is 6. The van der Waals surface area contributed by atoms with Crippen molar-refractivity contribution in [2.45, 2.75) is 25.2 Å². The Hall–Kier alpha value is -1.82. The molecule has 1 aromatic heterocycles. The molecule has 2 aliphatic carbocycles. The van der Waals surface area contributed by atoms with Gasteiger partial charge < -0.3 is 9.32 Å². The van der Waals surface area contributed by atoms with Gasteiger partial charge in [-0.3, -0.25) is 14.6 Å². The van der Waals surface area contributed by atoms with Gasteiger partial charge in [0.25, 0.3) is 0 Å². The summed E-state index contributed by atoms with van der Waals surface area (Å²) in [5.74, 6) is 0.463. The molecule has 0 radical (unpaired) electrons. The molecule has 0 N–H and O–H groups in total. The highest BCUT2D eigenvalue weighted by Gasteiger charge is 2.38. The van der Waals surface area contributed by atoms with Crippen LogP contribution in [0.15, 0.2) is 9.41 Å². The van der Waals surface area contributed by atoms with E-state index in [2.05, 4.69) is 9.98 Å². The first-order valence-electron chi connectivity index (χ1n) is 6.83. The lowest BCUT2D eigenvalue weighted by atomic mass is 9.97. The Morgan fingerprint density at radius 3 is 2.75 bits per heavy atom. The largest absolute Gasteiger partial charge is 0.436 e. The average molecular weight is 275 g/mol. The second-order valence-corrected chi connectivity index (χ2v) is 5.56. The van der Waals surface area contributed by atoms with Crippen LogP contribution in [0.1, 0.15) is 52.1 Å². The minimum atomic E-state index is -0.280. The molecule has 0 aliphatic heterocycles. The number of oxazole rings is 1. The van der Waals surface area contributed by atoms with E-state index in [1.54, 1.807) is 0 Å². The van der Waals surface area contributed by atoms with Gasteiger partial charge in [0.1, 0.15) is 0 Å². The summed E-state index contributed by atoms with van der Waals surface area (Å²) >= 11 is 0. The predicted molar refractivity (Wildman–Crippen MR) is 72.6 cm³/mol. The van der Waals surface area contributed by atoms with Crippen molar-refractivity contribution in [3.05, 3.63) is 17.3 Å². The summed E-state index contributed by atoms with van der Waals surface area (Å²) in [5, 5.41) is 0. The number of aromatic nitrogens is 1. The fraction of sp³-hybridized carbons (Fsp3) is 0.571. The van der Waals surface area contributed by atoms with Crippen molar-refractivity contribution >= 4 is 17.3 Å². The number of likely N-dealkylation sites (N-methyl/N-ethyl adjacent to an activating group) is 1. The van der Waals surface area contributed by atoms with Crippen LogP contribution >= 0.6 is 0 Å². The van der Waals surface area contributed by atoms with Crippen LogP contribution in [0.3, 0.4) is 0 Å². The maximum Gasteiger partial charge on any atom is 0.244 e. The standard InChI is InChI=1S/C14H17N3O3/c1-17(2)6-5-15-9-7-10(18)11-13(12(9)19)20-14(16-11)8-3-4-8/h8H,3-7H2,1-2H3. The van der Waals surface area contributed by atoms with Gasteiger partial charge in [-0.1, -0.05) is 0 Å². The van der Waals surface area contributed by atoms with Crippen LogP contribution in [0.4, 0.5) is 0 Å². The van der Waals surface area contributed by atoms with Crippen LogP contribution in [0.25, 0.3) is 0 Å². The normalized spacial score (nSPS) is 20.9. The fourth-order valence-electron chi connectivity index (χ4n) is 2.14. The lowest BCUT2D eigenvalue weighted by Gasteiger charge is -2.11. The van der Waals surface area contributed by atoms with E-state index in [1.807, 2.05) is 19.0 Å². The second-order valence-electron chi connectivity index (χ2n) is 5.56. The Morgan fingerprint density at radius 1 is 1.35 bits per heavy atom. The summed E-state index contributed by atoms with van der Waals surface area (Å²) < 4.78 is 5.50. The minimum absolute atomic E-state index is 0.0376. The first-order valence-corrected chi connectivity index (χ1v) is 6.83. The Bertz CT molecular complexity index is 597. The van der Waals surface area contributed by atoms with Gasteiger partial charge in [0.05, 0.1) is 18.7 Å². The lowest BCUT2D eigenvalue weighted by molar-refractivity contribution is 0.0949. The minimum Gasteiger partial charge on any atom is -0.436 e. The first-order chi connectivity index (χ1) is 9.56. The number of rotatable bonds is 4. The molecule has 0 atom stereocenters. The van der Waals surface area contributed by atoms with Gasteiger partial charge in [-0.05, 0) is 26.9 Å². The van der Waals surface area contributed by atoms with E-state index in [0.29, 0.717) is 18.1 Å². The molecular formula is C14H17N3O3. The number of hydrogen-bond donors (Lipinski definition) is 0. The van der Waals surface area contributed by atoms with Gasteiger partial charge in [0.15, 0.2) is 17.4 Å². The van der Waals surface area contributed by atoms with Gasteiger partial charge in [-0.15, -0.1) is 0 Å². The Labute approximate surface area is 116 Å². The predicted octanol–water partition coefficient (Wildman–Crippen LogP) is 1.32. The monoisotopic (exact) mass is 275 g/mol. The van der Waals surface area contributed by atoms with Crippen LogP contribution in [-0.2, 0) is 0 Å². The summed E-state index contributed by atoms with van der Waals surface area (Å²) in [7, 11) is 3.87. The van der Waals surface area contributed by atoms with Crippen molar-refractivity contribution in [3.8, 4) is 0 Å². The lowest BCUT2D eigenvalue weighted by Crippen LogP contribution is -2.27. The third kappa shape index (κ3) is 2.43. The quantitative estimate of drug-likeness (QED) is 0.828. The topological polar surface area (TPSA) is 75.8 Å². The van der Waals surface area contributed by atoms with E-state index >= 15 is 0 Å². The van der Waals surface area contributed by atoms with E-state index in [9.17, 15) is 9.59 Å². The third-order valence-electron chi connectivity index (χ3n) is 3.48. The van der Waals surface area contributed by atoms with Crippen molar-refractivity contribution in [3.63, 3.8) is 0 Å². The summed E-state index contributed by atoms with van der Waals surface area (Å²) in [4.78, 5) is 34.7. The smallest absolute Gasteiger partial charge is 0.244 e. The van der Waals surface area contributed by atoms with Crippen LogP contribution < -0.4 is 0 Å². The molecular weight excluding hydrogens is 258 g/mol. The van der Waals surface area contributed by atoms with Crippen molar-refractivity contribution in [1.82, 2.24) is 9.88 Å².